The van der Waals surface area contributed by atoms with Crippen LogP contribution < -0.4 is 0 Å². The molecule has 2 saturated heterocycles. The Balaban J connectivity index is 1.77. The third-order valence-electron chi connectivity index (χ3n) is 4.20. The average Bonchev–Trinajstić information content (AvgIpc) is 2.87. The first-order valence-electron chi connectivity index (χ1n) is 7.58. The molecule has 20 heavy (non-hydrogen) atoms. The van der Waals surface area contributed by atoms with Crippen molar-refractivity contribution in [2.24, 2.45) is 5.92 Å². The van der Waals surface area contributed by atoms with Crippen LogP contribution in [0.4, 0.5) is 4.79 Å². The lowest BCUT2D eigenvalue weighted by atomic mass is 10.1. The number of hydrogen-bond acceptors (Lipinski definition) is 3. The molecular formula is C14H25N3O3. The maximum Gasteiger partial charge on any atom is 0.320 e. The number of hydrogen-bond donors (Lipinski definition) is 1. The number of nitrogens with zero attached hydrogens (tertiary/aromatic N) is 3. The van der Waals surface area contributed by atoms with Crippen molar-refractivity contribution in [3.8, 4) is 0 Å². The van der Waals surface area contributed by atoms with Gasteiger partial charge in [0, 0.05) is 45.7 Å². The Morgan fingerprint density at radius 1 is 1.10 bits per heavy atom. The third kappa shape index (κ3) is 3.85. The summed E-state index contributed by atoms with van der Waals surface area (Å²) in [5, 5.41) is 8.81. The van der Waals surface area contributed by atoms with Crippen molar-refractivity contribution in [1.82, 2.24) is 14.7 Å². The van der Waals surface area contributed by atoms with E-state index in [1.54, 1.807) is 0 Å². The monoisotopic (exact) mass is 283 g/mol. The summed E-state index contributed by atoms with van der Waals surface area (Å²) in [5.41, 5.74) is 0. The van der Waals surface area contributed by atoms with Gasteiger partial charge in [0.2, 0.25) is 0 Å². The average molecular weight is 283 g/mol. The van der Waals surface area contributed by atoms with E-state index in [0.717, 1.165) is 45.6 Å². The van der Waals surface area contributed by atoms with Gasteiger partial charge in [-0.25, -0.2) is 4.79 Å². The molecule has 114 valence electrons. The molecule has 2 heterocycles. The lowest BCUT2D eigenvalue weighted by molar-refractivity contribution is -0.138. The predicted octanol–water partition coefficient (Wildman–Crippen LogP) is 0.931. The fraction of sp³-hybridized carbons (Fsp3) is 0.857. The van der Waals surface area contributed by atoms with Crippen LogP contribution in [0, 0.1) is 5.92 Å². The predicted molar refractivity (Wildman–Crippen MR) is 75.6 cm³/mol. The van der Waals surface area contributed by atoms with Crippen LogP contribution in [0.1, 0.15) is 26.2 Å². The molecule has 2 fully saturated rings. The van der Waals surface area contributed by atoms with Crippen LogP contribution >= 0.6 is 0 Å². The zero-order valence-corrected chi connectivity index (χ0v) is 12.3. The lowest BCUT2D eigenvalue weighted by Gasteiger charge is -2.36. The quantitative estimate of drug-likeness (QED) is 0.833. The van der Waals surface area contributed by atoms with Gasteiger partial charge in [-0.2, -0.15) is 0 Å². The van der Waals surface area contributed by atoms with E-state index in [4.69, 9.17) is 5.11 Å². The second-order valence-corrected chi connectivity index (χ2v) is 5.81. The molecule has 2 rings (SSSR count). The van der Waals surface area contributed by atoms with Crippen molar-refractivity contribution >= 4 is 12.0 Å². The molecule has 2 amide bonds. The van der Waals surface area contributed by atoms with Crippen molar-refractivity contribution in [2.45, 2.75) is 26.2 Å². The van der Waals surface area contributed by atoms with Crippen LogP contribution in [-0.2, 0) is 4.79 Å². The molecule has 6 heteroatoms. The number of urea groups is 1. The fourth-order valence-electron chi connectivity index (χ4n) is 3.10. The SMILES string of the molecule is CCCN1CCN(C(=O)N2CCC(CC(=O)O)C2)CC1. The Morgan fingerprint density at radius 2 is 1.80 bits per heavy atom. The molecule has 0 aromatic rings. The van der Waals surface area contributed by atoms with E-state index in [0.29, 0.717) is 13.1 Å². The number of likely N-dealkylation sites (tertiary alicyclic amines) is 1. The maximum absolute atomic E-state index is 12.4. The summed E-state index contributed by atoms with van der Waals surface area (Å²) < 4.78 is 0. The van der Waals surface area contributed by atoms with Crippen molar-refractivity contribution in [1.29, 1.82) is 0 Å². The normalized spacial score (nSPS) is 24.1. The topological polar surface area (TPSA) is 64.1 Å². The second kappa shape index (κ2) is 6.92. The molecule has 1 atom stereocenters. The van der Waals surface area contributed by atoms with Crippen molar-refractivity contribution in [3.63, 3.8) is 0 Å². The molecule has 1 unspecified atom stereocenters. The highest BCUT2D eigenvalue weighted by Gasteiger charge is 2.31. The summed E-state index contributed by atoms with van der Waals surface area (Å²) in [6, 6.07) is 0.0917. The van der Waals surface area contributed by atoms with Gasteiger partial charge in [-0.1, -0.05) is 6.92 Å². The maximum atomic E-state index is 12.4. The number of carbonyl (C=O) groups is 2. The van der Waals surface area contributed by atoms with E-state index in [2.05, 4.69) is 11.8 Å². The highest BCUT2D eigenvalue weighted by Crippen LogP contribution is 2.21. The van der Waals surface area contributed by atoms with Crippen molar-refractivity contribution in [2.75, 3.05) is 45.8 Å². The lowest BCUT2D eigenvalue weighted by Crippen LogP contribution is -2.52. The summed E-state index contributed by atoms with van der Waals surface area (Å²) in [6.45, 7) is 8.05. The smallest absolute Gasteiger partial charge is 0.320 e. The standard InChI is InChI=1S/C14H25N3O3/c1-2-4-15-6-8-16(9-7-15)14(20)17-5-3-12(11-17)10-13(18)19/h12H,2-11H2,1H3,(H,18,19). The minimum Gasteiger partial charge on any atom is -0.481 e. The van der Waals surface area contributed by atoms with Gasteiger partial charge in [0.1, 0.15) is 0 Å². The van der Waals surface area contributed by atoms with Gasteiger partial charge in [-0.3, -0.25) is 9.69 Å². The summed E-state index contributed by atoms with van der Waals surface area (Å²) >= 11 is 0. The molecule has 1 N–H and O–H groups in total. The number of piperazine rings is 1. The second-order valence-electron chi connectivity index (χ2n) is 5.81. The van der Waals surface area contributed by atoms with Gasteiger partial charge >= 0.3 is 12.0 Å². The Kier molecular flexibility index (Phi) is 5.23. The molecule has 0 radical (unpaired) electrons. The summed E-state index contributed by atoms with van der Waals surface area (Å²) in [4.78, 5) is 29.2. The third-order valence-corrected chi connectivity index (χ3v) is 4.20. The fourth-order valence-corrected chi connectivity index (χ4v) is 3.10. The van der Waals surface area contributed by atoms with E-state index >= 15 is 0 Å². The van der Waals surface area contributed by atoms with E-state index in [-0.39, 0.29) is 18.4 Å². The van der Waals surface area contributed by atoms with Crippen LogP contribution in [0.25, 0.3) is 0 Å². The number of amides is 2. The number of carboxylic acid groups (broad SMARTS) is 1. The van der Waals surface area contributed by atoms with Crippen LogP contribution in [0.5, 0.6) is 0 Å². The van der Waals surface area contributed by atoms with E-state index < -0.39 is 5.97 Å². The van der Waals surface area contributed by atoms with E-state index in [1.807, 2.05) is 9.80 Å². The van der Waals surface area contributed by atoms with Crippen LogP contribution in [0.15, 0.2) is 0 Å². The van der Waals surface area contributed by atoms with Crippen molar-refractivity contribution in [3.05, 3.63) is 0 Å². The summed E-state index contributed by atoms with van der Waals surface area (Å²) in [7, 11) is 0. The highest BCUT2D eigenvalue weighted by atomic mass is 16.4. The Labute approximate surface area is 120 Å². The Bertz CT molecular complexity index is 354. The first-order valence-corrected chi connectivity index (χ1v) is 7.58. The minimum absolute atomic E-state index is 0.0917. The molecule has 0 aromatic heterocycles. The van der Waals surface area contributed by atoms with Gasteiger partial charge in [-0.05, 0) is 25.3 Å². The van der Waals surface area contributed by atoms with Gasteiger partial charge in [0.05, 0.1) is 0 Å². The molecule has 0 bridgehead atoms. The molecule has 2 aliphatic rings. The van der Waals surface area contributed by atoms with Gasteiger partial charge in [0.25, 0.3) is 0 Å². The molecule has 0 saturated carbocycles. The van der Waals surface area contributed by atoms with E-state index in [1.165, 1.54) is 0 Å². The van der Waals surface area contributed by atoms with Crippen molar-refractivity contribution < 1.29 is 14.7 Å². The number of aliphatic carboxylic acids is 1. The largest absolute Gasteiger partial charge is 0.481 e. The highest BCUT2D eigenvalue weighted by molar-refractivity contribution is 5.75. The van der Waals surface area contributed by atoms with Gasteiger partial charge in [-0.15, -0.1) is 0 Å². The first-order chi connectivity index (χ1) is 9.60. The van der Waals surface area contributed by atoms with Crippen LogP contribution in [0.3, 0.4) is 0 Å². The van der Waals surface area contributed by atoms with Crippen LogP contribution in [-0.4, -0.2) is 77.6 Å². The zero-order chi connectivity index (χ0) is 14.5. The van der Waals surface area contributed by atoms with Gasteiger partial charge in [0.15, 0.2) is 0 Å². The Hall–Kier alpha value is -1.30. The zero-order valence-electron chi connectivity index (χ0n) is 12.3. The number of carboxylic acids is 1. The Morgan fingerprint density at radius 3 is 2.40 bits per heavy atom. The van der Waals surface area contributed by atoms with Gasteiger partial charge < -0.3 is 14.9 Å². The minimum atomic E-state index is -0.766. The molecule has 2 aliphatic heterocycles. The summed E-state index contributed by atoms with van der Waals surface area (Å²) in [6.07, 6.45) is 2.14. The molecule has 0 aliphatic carbocycles. The summed E-state index contributed by atoms with van der Waals surface area (Å²) in [5.74, 6) is -0.643. The number of carbonyl (C=O) groups excluding carboxylic acids is 1. The molecule has 0 spiro atoms. The first kappa shape index (κ1) is 15.1. The number of rotatable bonds is 4. The van der Waals surface area contributed by atoms with E-state index in [9.17, 15) is 9.59 Å². The molecule has 6 nitrogen and oxygen atoms in total. The molecular weight excluding hydrogens is 258 g/mol. The molecule has 0 aromatic carbocycles. The van der Waals surface area contributed by atoms with Crippen LogP contribution in [0.2, 0.25) is 0 Å².